The molecule has 0 saturated carbocycles. The van der Waals surface area contributed by atoms with Crippen LogP contribution < -0.4 is 11.5 Å². The molecule has 1 aromatic rings. The maximum atomic E-state index is 10.8. The van der Waals surface area contributed by atoms with Crippen molar-refractivity contribution in [1.82, 2.24) is 0 Å². The van der Waals surface area contributed by atoms with Crippen molar-refractivity contribution in [3.05, 3.63) is 29.3 Å². The summed E-state index contributed by atoms with van der Waals surface area (Å²) in [6, 6.07) is 4.13. The van der Waals surface area contributed by atoms with Crippen molar-refractivity contribution >= 4 is 5.97 Å². The zero-order valence-corrected chi connectivity index (χ0v) is 8.89. The molecule has 0 bridgehead atoms. The van der Waals surface area contributed by atoms with Crippen molar-refractivity contribution < 1.29 is 15.0 Å². The molecule has 88 valence electrons. The Balaban J connectivity index is 2.89. The molecule has 0 amide bonds. The minimum absolute atomic E-state index is 0.124. The summed E-state index contributed by atoms with van der Waals surface area (Å²) in [4.78, 5) is 10.8. The smallest absolute Gasteiger partial charge is 0.339 e. The number of carbonyl (C=O) groups is 1. The molecule has 0 unspecified atom stereocenters. The largest absolute Gasteiger partial charge is 0.507 e. The third kappa shape index (κ3) is 2.95. The molecular formula is C11H16N2O3. The molecule has 0 fully saturated rings. The van der Waals surface area contributed by atoms with Crippen LogP contribution in [0.4, 0.5) is 0 Å². The molecule has 0 saturated heterocycles. The van der Waals surface area contributed by atoms with Crippen LogP contribution in [0.15, 0.2) is 18.2 Å². The summed E-state index contributed by atoms with van der Waals surface area (Å²) in [7, 11) is 0. The van der Waals surface area contributed by atoms with Crippen LogP contribution in [0.2, 0.25) is 0 Å². The van der Waals surface area contributed by atoms with E-state index in [9.17, 15) is 9.90 Å². The minimum Gasteiger partial charge on any atom is -0.507 e. The quantitative estimate of drug-likeness (QED) is 0.592. The molecule has 0 aliphatic rings. The van der Waals surface area contributed by atoms with Crippen LogP contribution in [0, 0.1) is 0 Å². The Kier molecular flexibility index (Phi) is 4.28. The van der Waals surface area contributed by atoms with E-state index in [0.717, 1.165) is 6.42 Å². The first-order chi connectivity index (χ1) is 7.56. The van der Waals surface area contributed by atoms with E-state index in [0.29, 0.717) is 18.5 Å². The van der Waals surface area contributed by atoms with Gasteiger partial charge in [0.15, 0.2) is 0 Å². The van der Waals surface area contributed by atoms with E-state index in [-0.39, 0.29) is 17.4 Å². The van der Waals surface area contributed by atoms with E-state index in [1.807, 2.05) is 0 Å². The molecular weight excluding hydrogens is 208 g/mol. The molecule has 5 nitrogen and oxygen atoms in total. The maximum Gasteiger partial charge on any atom is 0.339 e. The summed E-state index contributed by atoms with van der Waals surface area (Å²) in [5, 5.41) is 18.1. The second-order valence-corrected chi connectivity index (χ2v) is 3.62. The van der Waals surface area contributed by atoms with Gasteiger partial charge < -0.3 is 21.7 Å². The normalized spacial score (nSPS) is 12.4. The van der Waals surface area contributed by atoms with Gasteiger partial charge in [-0.15, -0.1) is 0 Å². The monoisotopic (exact) mass is 224 g/mol. The van der Waals surface area contributed by atoms with E-state index in [2.05, 4.69) is 0 Å². The van der Waals surface area contributed by atoms with E-state index < -0.39 is 5.97 Å². The predicted molar refractivity (Wildman–Crippen MR) is 60.3 cm³/mol. The Bertz CT molecular complexity index is 379. The molecule has 0 aliphatic heterocycles. The minimum atomic E-state index is -1.16. The van der Waals surface area contributed by atoms with Gasteiger partial charge in [-0.2, -0.15) is 0 Å². The lowest BCUT2D eigenvalue weighted by Crippen LogP contribution is -2.13. The molecule has 0 aromatic heterocycles. The van der Waals surface area contributed by atoms with Gasteiger partial charge in [-0.05, 0) is 37.1 Å². The summed E-state index contributed by atoms with van der Waals surface area (Å²) >= 11 is 0. The fourth-order valence-electron chi connectivity index (χ4n) is 1.46. The van der Waals surface area contributed by atoms with Gasteiger partial charge in [0.25, 0.3) is 0 Å². The van der Waals surface area contributed by atoms with Gasteiger partial charge in [0.05, 0.1) is 0 Å². The van der Waals surface area contributed by atoms with Gasteiger partial charge in [0.1, 0.15) is 11.3 Å². The van der Waals surface area contributed by atoms with E-state index >= 15 is 0 Å². The predicted octanol–water partition coefficient (Wildman–Crippen LogP) is 0.829. The van der Waals surface area contributed by atoms with Crippen LogP contribution in [-0.2, 0) is 0 Å². The lowest BCUT2D eigenvalue weighted by Gasteiger charge is -2.12. The zero-order chi connectivity index (χ0) is 12.1. The van der Waals surface area contributed by atoms with Crippen LogP contribution in [0.3, 0.4) is 0 Å². The third-order valence-electron chi connectivity index (χ3n) is 2.40. The molecule has 0 spiro atoms. The first-order valence-electron chi connectivity index (χ1n) is 5.08. The van der Waals surface area contributed by atoms with Crippen LogP contribution in [0.25, 0.3) is 0 Å². The standard InChI is InChI=1S/C11H16N2O3/c12-5-1-2-9(13)7-3-4-10(14)8(6-7)11(15)16/h3-4,6,9,14H,1-2,5,12-13H2,(H,15,16)/t9-/m1/s1. The highest BCUT2D eigenvalue weighted by molar-refractivity contribution is 5.90. The number of carboxylic acids is 1. The number of nitrogens with two attached hydrogens (primary N) is 2. The van der Waals surface area contributed by atoms with Crippen LogP contribution in [-0.4, -0.2) is 22.7 Å². The molecule has 1 aromatic carbocycles. The van der Waals surface area contributed by atoms with Gasteiger partial charge in [-0.25, -0.2) is 4.79 Å². The van der Waals surface area contributed by atoms with Gasteiger partial charge in [0.2, 0.25) is 0 Å². The molecule has 16 heavy (non-hydrogen) atoms. The Hall–Kier alpha value is -1.59. The first-order valence-corrected chi connectivity index (χ1v) is 5.08. The summed E-state index contributed by atoms with van der Waals surface area (Å²) in [6.45, 7) is 0.553. The lowest BCUT2D eigenvalue weighted by atomic mass is 10.00. The summed E-state index contributed by atoms with van der Waals surface area (Å²) in [5.74, 6) is -1.41. The second kappa shape index (κ2) is 5.48. The molecule has 1 atom stereocenters. The Labute approximate surface area is 93.7 Å². The maximum absolute atomic E-state index is 10.8. The molecule has 5 heteroatoms. The van der Waals surface area contributed by atoms with Gasteiger partial charge in [-0.3, -0.25) is 0 Å². The number of benzene rings is 1. The van der Waals surface area contributed by atoms with Crippen molar-refractivity contribution in [2.75, 3.05) is 6.54 Å². The van der Waals surface area contributed by atoms with Crippen LogP contribution >= 0.6 is 0 Å². The first kappa shape index (κ1) is 12.5. The van der Waals surface area contributed by atoms with Crippen molar-refractivity contribution in [2.24, 2.45) is 11.5 Å². The molecule has 0 aliphatic carbocycles. The topological polar surface area (TPSA) is 110 Å². The van der Waals surface area contributed by atoms with Gasteiger partial charge in [0, 0.05) is 6.04 Å². The Morgan fingerprint density at radius 3 is 2.69 bits per heavy atom. The molecule has 0 heterocycles. The van der Waals surface area contributed by atoms with Gasteiger partial charge in [-0.1, -0.05) is 6.07 Å². The number of rotatable bonds is 5. The number of hydrogen-bond donors (Lipinski definition) is 4. The lowest BCUT2D eigenvalue weighted by molar-refractivity contribution is 0.0693. The summed E-state index contributed by atoms with van der Waals surface area (Å²) < 4.78 is 0. The van der Waals surface area contributed by atoms with Crippen LogP contribution in [0.5, 0.6) is 5.75 Å². The number of hydrogen-bond acceptors (Lipinski definition) is 4. The Morgan fingerprint density at radius 1 is 1.44 bits per heavy atom. The fourth-order valence-corrected chi connectivity index (χ4v) is 1.46. The highest BCUT2D eigenvalue weighted by atomic mass is 16.4. The molecule has 0 radical (unpaired) electrons. The SMILES string of the molecule is NCCC[C@@H](N)c1ccc(O)c(C(=O)O)c1. The number of aromatic hydroxyl groups is 1. The fraction of sp³-hybridized carbons (Fsp3) is 0.364. The average Bonchev–Trinajstić information content (AvgIpc) is 2.26. The average molecular weight is 224 g/mol. The number of aromatic carboxylic acids is 1. The number of phenols is 1. The summed E-state index contributed by atoms with van der Waals surface area (Å²) in [6.07, 6.45) is 1.48. The van der Waals surface area contributed by atoms with E-state index in [4.69, 9.17) is 16.6 Å². The highest BCUT2D eigenvalue weighted by Gasteiger charge is 2.13. The van der Waals surface area contributed by atoms with E-state index in [1.165, 1.54) is 12.1 Å². The van der Waals surface area contributed by atoms with Gasteiger partial charge >= 0.3 is 5.97 Å². The zero-order valence-electron chi connectivity index (χ0n) is 8.89. The van der Waals surface area contributed by atoms with Crippen molar-refractivity contribution in [3.63, 3.8) is 0 Å². The Morgan fingerprint density at radius 2 is 2.12 bits per heavy atom. The highest BCUT2D eigenvalue weighted by Crippen LogP contribution is 2.23. The molecule has 6 N–H and O–H groups in total. The van der Waals surface area contributed by atoms with Crippen molar-refractivity contribution in [2.45, 2.75) is 18.9 Å². The number of carboxylic acid groups (broad SMARTS) is 1. The second-order valence-electron chi connectivity index (χ2n) is 3.62. The summed E-state index contributed by atoms with van der Waals surface area (Å²) in [5.41, 5.74) is 11.8. The van der Waals surface area contributed by atoms with E-state index in [1.54, 1.807) is 6.07 Å². The third-order valence-corrected chi connectivity index (χ3v) is 2.40. The van der Waals surface area contributed by atoms with Crippen LogP contribution in [0.1, 0.15) is 34.8 Å². The van der Waals surface area contributed by atoms with Crippen molar-refractivity contribution in [1.29, 1.82) is 0 Å². The molecule has 1 rings (SSSR count). The van der Waals surface area contributed by atoms with Crippen molar-refractivity contribution in [3.8, 4) is 5.75 Å².